The molecule has 1 fully saturated rings. The lowest BCUT2D eigenvalue weighted by molar-refractivity contribution is 0.119. The number of piperazine rings is 1. The molecule has 4 aromatic rings. The van der Waals surface area contributed by atoms with Crippen LogP contribution in [0.2, 0.25) is 0 Å². The van der Waals surface area contributed by atoms with Crippen molar-refractivity contribution in [2.75, 3.05) is 33.0 Å². The van der Waals surface area contributed by atoms with Crippen LogP contribution < -0.4 is 9.47 Å². The summed E-state index contributed by atoms with van der Waals surface area (Å²) in [6.07, 6.45) is 0. The fourth-order valence-corrected chi connectivity index (χ4v) is 5.37. The highest BCUT2D eigenvalue weighted by Gasteiger charge is 2.21. The van der Waals surface area contributed by atoms with Gasteiger partial charge in [0.1, 0.15) is 5.82 Å². The molecule has 3 heterocycles. The van der Waals surface area contributed by atoms with Crippen molar-refractivity contribution in [3.63, 3.8) is 0 Å². The van der Waals surface area contributed by atoms with Crippen LogP contribution in [0.1, 0.15) is 28.1 Å². The quantitative estimate of drug-likeness (QED) is 0.409. The SMILES string of the molecule is Cc1cc(C)cc(Cn2c(CN3CCN(Cc4ccc5c(c4)OCO5)CC3)nc3ccccc32)c1. The number of benzene rings is 3. The second-order valence-electron chi connectivity index (χ2n) is 9.84. The highest BCUT2D eigenvalue weighted by molar-refractivity contribution is 5.76. The number of ether oxygens (including phenoxy) is 2. The molecule has 180 valence electrons. The van der Waals surface area contributed by atoms with Crippen molar-refractivity contribution >= 4 is 11.0 Å². The van der Waals surface area contributed by atoms with E-state index < -0.39 is 0 Å². The number of hydrogen-bond donors (Lipinski definition) is 0. The number of fused-ring (bicyclic) bond motifs is 2. The van der Waals surface area contributed by atoms with E-state index in [9.17, 15) is 0 Å². The second-order valence-corrected chi connectivity index (χ2v) is 9.84. The molecular formula is C29H32N4O2. The summed E-state index contributed by atoms with van der Waals surface area (Å²) in [6.45, 7) is 11.5. The summed E-state index contributed by atoms with van der Waals surface area (Å²) in [5, 5.41) is 0. The number of aryl methyl sites for hydroxylation is 2. The van der Waals surface area contributed by atoms with Crippen LogP contribution in [-0.2, 0) is 19.6 Å². The summed E-state index contributed by atoms with van der Waals surface area (Å²) < 4.78 is 13.4. The Kier molecular flexibility index (Phi) is 5.92. The summed E-state index contributed by atoms with van der Waals surface area (Å²) in [5.74, 6) is 2.86. The van der Waals surface area contributed by atoms with Crippen LogP contribution in [0, 0.1) is 13.8 Å². The molecule has 0 atom stereocenters. The van der Waals surface area contributed by atoms with Crippen LogP contribution >= 0.6 is 0 Å². The van der Waals surface area contributed by atoms with E-state index in [1.165, 1.54) is 27.8 Å². The number of hydrogen-bond acceptors (Lipinski definition) is 5. The van der Waals surface area contributed by atoms with Gasteiger partial charge in [-0.3, -0.25) is 9.80 Å². The van der Waals surface area contributed by atoms with Crippen LogP contribution in [0.15, 0.2) is 60.7 Å². The third kappa shape index (κ3) is 4.77. The smallest absolute Gasteiger partial charge is 0.231 e. The molecule has 0 saturated carbocycles. The lowest BCUT2D eigenvalue weighted by Gasteiger charge is -2.34. The van der Waals surface area contributed by atoms with E-state index in [1.807, 2.05) is 6.07 Å². The fraction of sp³-hybridized carbons (Fsp3) is 0.345. The topological polar surface area (TPSA) is 42.8 Å². The minimum atomic E-state index is 0.325. The number of aromatic nitrogens is 2. The molecule has 0 amide bonds. The molecule has 0 unspecified atom stereocenters. The Bertz CT molecular complexity index is 1330. The predicted molar refractivity (Wildman–Crippen MR) is 138 cm³/mol. The summed E-state index contributed by atoms with van der Waals surface area (Å²) in [7, 11) is 0. The monoisotopic (exact) mass is 468 g/mol. The summed E-state index contributed by atoms with van der Waals surface area (Å²) in [5.41, 5.74) is 7.52. The first-order valence-corrected chi connectivity index (χ1v) is 12.5. The van der Waals surface area contributed by atoms with Gasteiger partial charge in [0.05, 0.1) is 17.6 Å². The molecule has 1 aromatic heterocycles. The van der Waals surface area contributed by atoms with Crippen LogP contribution in [-0.4, -0.2) is 52.3 Å². The van der Waals surface area contributed by atoms with Crippen molar-refractivity contribution in [3.8, 4) is 11.5 Å². The highest BCUT2D eigenvalue weighted by atomic mass is 16.7. The molecule has 6 nitrogen and oxygen atoms in total. The van der Waals surface area contributed by atoms with Crippen LogP contribution in [0.5, 0.6) is 11.5 Å². The number of imidazole rings is 1. The zero-order valence-corrected chi connectivity index (χ0v) is 20.5. The highest BCUT2D eigenvalue weighted by Crippen LogP contribution is 2.33. The zero-order chi connectivity index (χ0) is 23.8. The number of nitrogens with zero attached hydrogens (tertiary/aromatic N) is 4. The van der Waals surface area contributed by atoms with Crippen molar-refractivity contribution in [1.29, 1.82) is 0 Å². The minimum Gasteiger partial charge on any atom is -0.454 e. The Morgan fingerprint density at radius 1 is 0.714 bits per heavy atom. The maximum atomic E-state index is 5.55. The van der Waals surface area contributed by atoms with E-state index in [-0.39, 0.29) is 0 Å². The summed E-state index contributed by atoms with van der Waals surface area (Å²) >= 11 is 0. The standard InChI is InChI=1S/C29H32N4O2/c1-21-13-22(2)15-24(14-21)18-33-26-6-4-3-5-25(26)30-29(33)19-32-11-9-31(10-12-32)17-23-7-8-27-28(16-23)35-20-34-27/h3-8,13-16H,9-12,17-20H2,1-2H3. The molecule has 2 aliphatic heterocycles. The molecule has 0 spiro atoms. The normalized spacial score (nSPS) is 16.3. The third-order valence-corrected chi connectivity index (χ3v) is 7.03. The van der Waals surface area contributed by atoms with Crippen molar-refractivity contribution in [2.24, 2.45) is 0 Å². The van der Waals surface area contributed by atoms with Gasteiger partial charge < -0.3 is 14.0 Å². The molecule has 6 rings (SSSR count). The maximum absolute atomic E-state index is 5.55. The van der Waals surface area contributed by atoms with Gasteiger partial charge in [0, 0.05) is 39.3 Å². The van der Waals surface area contributed by atoms with Crippen LogP contribution in [0.4, 0.5) is 0 Å². The Morgan fingerprint density at radius 2 is 1.43 bits per heavy atom. The van der Waals surface area contributed by atoms with E-state index in [0.29, 0.717) is 6.79 Å². The maximum Gasteiger partial charge on any atom is 0.231 e. The largest absolute Gasteiger partial charge is 0.454 e. The molecule has 1 saturated heterocycles. The van der Waals surface area contributed by atoms with Crippen molar-refractivity contribution in [3.05, 3.63) is 88.7 Å². The Labute approximate surface area is 206 Å². The van der Waals surface area contributed by atoms with E-state index in [0.717, 1.165) is 68.7 Å². The average Bonchev–Trinajstić information content (AvgIpc) is 3.44. The Balaban J connectivity index is 1.15. The van der Waals surface area contributed by atoms with Gasteiger partial charge in [0.25, 0.3) is 0 Å². The van der Waals surface area contributed by atoms with Gasteiger partial charge in [-0.05, 0) is 49.2 Å². The first-order chi connectivity index (χ1) is 17.1. The van der Waals surface area contributed by atoms with E-state index in [4.69, 9.17) is 14.5 Å². The Morgan fingerprint density at radius 3 is 2.23 bits per heavy atom. The van der Waals surface area contributed by atoms with Crippen molar-refractivity contribution in [2.45, 2.75) is 33.5 Å². The van der Waals surface area contributed by atoms with Crippen molar-refractivity contribution in [1.82, 2.24) is 19.4 Å². The predicted octanol–water partition coefficient (Wildman–Crippen LogP) is 4.75. The van der Waals surface area contributed by atoms with E-state index in [2.05, 4.69) is 82.8 Å². The summed E-state index contributed by atoms with van der Waals surface area (Å²) in [6, 6.07) is 21.6. The van der Waals surface area contributed by atoms with Crippen LogP contribution in [0.25, 0.3) is 11.0 Å². The van der Waals surface area contributed by atoms with E-state index >= 15 is 0 Å². The van der Waals surface area contributed by atoms with Crippen LogP contribution in [0.3, 0.4) is 0 Å². The molecule has 0 N–H and O–H groups in total. The van der Waals surface area contributed by atoms with Gasteiger partial charge in [-0.15, -0.1) is 0 Å². The molecule has 35 heavy (non-hydrogen) atoms. The van der Waals surface area contributed by atoms with Gasteiger partial charge in [0.15, 0.2) is 11.5 Å². The lowest BCUT2D eigenvalue weighted by Crippen LogP contribution is -2.45. The molecule has 0 bridgehead atoms. The first kappa shape index (κ1) is 22.1. The lowest BCUT2D eigenvalue weighted by atomic mass is 10.1. The van der Waals surface area contributed by atoms with Gasteiger partial charge in [0.2, 0.25) is 6.79 Å². The molecule has 0 aliphatic carbocycles. The van der Waals surface area contributed by atoms with Gasteiger partial charge in [-0.2, -0.15) is 0 Å². The third-order valence-electron chi connectivity index (χ3n) is 7.03. The van der Waals surface area contributed by atoms with Gasteiger partial charge >= 0.3 is 0 Å². The first-order valence-electron chi connectivity index (χ1n) is 12.5. The van der Waals surface area contributed by atoms with Gasteiger partial charge in [-0.1, -0.05) is 47.5 Å². The average molecular weight is 469 g/mol. The number of rotatable bonds is 6. The molecule has 6 heteroatoms. The fourth-order valence-electron chi connectivity index (χ4n) is 5.37. The van der Waals surface area contributed by atoms with Crippen molar-refractivity contribution < 1.29 is 9.47 Å². The minimum absolute atomic E-state index is 0.325. The molecular weight excluding hydrogens is 436 g/mol. The number of para-hydroxylation sites is 2. The Hall–Kier alpha value is -3.35. The zero-order valence-electron chi connectivity index (χ0n) is 20.5. The molecule has 2 aliphatic rings. The second kappa shape index (κ2) is 9.36. The van der Waals surface area contributed by atoms with Gasteiger partial charge in [-0.25, -0.2) is 4.98 Å². The summed E-state index contributed by atoms with van der Waals surface area (Å²) in [4.78, 5) is 10.1. The molecule has 0 radical (unpaired) electrons. The van der Waals surface area contributed by atoms with E-state index in [1.54, 1.807) is 0 Å². The molecule has 3 aromatic carbocycles.